The second-order valence-corrected chi connectivity index (χ2v) is 5.38. The van der Waals surface area contributed by atoms with Crippen molar-refractivity contribution in [1.29, 1.82) is 0 Å². The Balaban J connectivity index is 2.15. The lowest BCUT2D eigenvalue weighted by atomic mass is 10.0. The van der Waals surface area contributed by atoms with E-state index in [9.17, 15) is 8.78 Å². The maximum absolute atomic E-state index is 12.3. The van der Waals surface area contributed by atoms with Crippen LogP contribution in [0, 0.1) is 0 Å². The van der Waals surface area contributed by atoms with Gasteiger partial charge in [-0.05, 0) is 52.8 Å². The Hall–Kier alpha value is -1.53. The zero-order valence-electron chi connectivity index (χ0n) is 11.4. The molecule has 0 fully saturated rings. The molecule has 1 N–H and O–H groups in total. The Bertz CT molecular complexity index is 578. The average Bonchev–Trinajstić information content (AvgIpc) is 2.46. The first-order valence-electron chi connectivity index (χ1n) is 6.41. The molecular formula is C15H15BrF2N2O. The smallest absolute Gasteiger partial charge is 0.387 e. The summed E-state index contributed by atoms with van der Waals surface area (Å²) in [4.78, 5) is 4.32. The number of hydrogen-bond acceptors (Lipinski definition) is 3. The Labute approximate surface area is 130 Å². The van der Waals surface area contributed by atoms with E-state index in [0.29, 0.717) is 6.42 Å². The van der Waals surface area contributed by atoms with E-state index in [0.717, 1.165) is 15.7 Å². The molecule has 2 rings (SSSR count). The molecule has 0 bridgehead atoms. The zero-order chi connectivity index (χ0) is 15.2. The van der Waals surface area contributed by atoms with Crippen LogP contribution in [0.2, 0.25) is 0 Å². The SMILES string of the molecule is CNC(Cc1ccc(Br)cn1)c1cccc(OC(F)F)c1. The Kier molecular flexibility index (Phi) is 5.64. The van der Waals surface area contributed by atoms with Crippen LogP contribution in [0.5, 0.6) is 5.75 Å². The maximum atomic E-state index is 12.3. The summed E-state index contributed by atoms with van der Waals surface area (Å²) in [6.07, 6.45) is 2.39. The fourth-order valence-corrected chi connectivity index (χ4v) is 2.26. The van der Waals surface area contributed by atoms with Gasteiger partial charge in [0.1, 0.15) is 5.75 Å². The maximum Gasteiger partial charge on any atom is 0.387 e. The second kappa shape index (κ2) is 7.47. The van der Waals surface area contributed by atoms with Crippen LogP contribution >= 0.6 is 15.9 Å². The minimum atomic E-state index is -2.82. The molecule has 112 valence electrons. The number of alkyl halides is 2. The molecule has 0 aliphatic rings. The van der Waals surface area contributed by atoms with Crippen LogP contribution in [0.25, 0.3) is 0 Å². The molecule has 0 aliphatic carbocycles. The van der Waals surface area contributed by atoms with E-state index in [2.05, 4.69) is 31.0 Å². The number of hydrogen-bond donors (Lipinski definition) is 1. The van der Waals surface area contributed by atoms with Gasteiger partial charge in [-0.2, -0.15) is 8.78 Å². The van der Waals surface area contributed by atoms with Crippen LogP contribution < -0.4 is 10.1 Å². The largest absolute Gasteiger partial charge is 0.435 e. The van der Waals surface area contributed by atoms with Crippen molar-refractivity contribution in [3.05, 3.63) is 58.3 Å². The number of aromatic nitrogens is 1. The van der Waals surface area contributed by atoms with E-state index >= 15 is 0 Å². The third-order valence-electron chi connectivity index (χ3n) is 3.04. The van der Waals surface area contributed by atoms with Gasteiger partial charge >= 0.3 is 6.61 Å². The first kappa shape index (κ1) is 15.9. The first-order valence-corrected chi connectivity index (χ1v) is 7.20. The molecule has 0 spiro atoms. The summed E-state index contributed by atoms with van der Waals surface area (Å²) < 4.78 is 29.9. The first-order chi connectivity index (χ1) is 10.1. The summed E-state index contributed by atoms with van der Waals surface area (Å²) in [7, 11) is 1.82. The molecule has 0 radical (unpaired) electrons. The minimum Gasteiger partial charge on any atom is -0.435 e. The monoisotopic (exact) mass is 356 g/mol. The summed E-state index contributed by atoms with van der Waals surface area (Å²) in [5, 5.41) is 3.17. The van der Waals surface area contributed by atoms with Crippen molar-refractivity contribution in [3.63, 3.8) is 0 Å². The summed E-state index contributed by atoms with van der Waals surface area (Å²) >= 11 is 3.34. The summed E-state index contributed by atoms with van der Waals surface area (Å²) in [6.45, 7) is -2.82. The van der Waals surface area contributed by atoms with E-state index in [1.165, 1.54) is 6.07 Å². The second-order valence-electron chi connectivity index (χ2n) is 4.46. The quantitative estimate of drug-likeness (QED) is 0.850. The summed E-state index contributed by atoms with van der Waals surface area (Å²) in [5.41, 5.74) is 1.79. The van der Waals surface area contributed by atoms with Gasteiger partial charge in [-0.1, -0.05) is 12.1 Å². The number of benzene rings is 1. The van der Waals surface area contributed by atoms with Crippen LogP contribution in [0.4, 0.5) is 8.78 Å². The molecule has 1 atom stereocenters. The third kappa shape index (κ3) is 4.75. The highest BCUT2D eigenvalue weighted by atomic mass is 79.9. The van der Waals surface area contributed by atoms with Crippen LogP contribution in [-0.2, 0) is 6.42 Å². The lowest BCUT2D eigenvalue weighted by molar-refractivity contribution is -0.0499. The van der Waals surface area contributed by atoms with Gasteiger partial charge in [-0.25, -0.2) is 0 Å². The lowest BCUT2D eigenvalue weighted by Crippen LogP contribution is -2.19. The van der Waals surface area contributed by atoms with Crippen molar-refractivity contribution < 1.29 is 13.5 Å². The van der Waals surface area contributed by atoms with E-state index < -0.39 is 6.61 Å². The molecule has 0 amide bonds. The van der Waals surface area contributed by atoms with Crippen LogP contribution in [0.3, 0.4) is 0 Å². The minimum absolute atomic E-state index is 0.0279. The molecule has 2 aromatic rings. The van der Waals surface area contributed by atoms with E-state index in [-0.39, 0.29) is 11.8 Å². The molecule has 3 nitrogen and oxygen atoms in total. The van der Waals surface area contributed by atoms with Gasteiger partial charge in [0, 0.05) is 28.8 Å². The van der Waals surface area contributed by atoms with Crippen molar-refractivity contribution in [3.8, 4) is 5.75 Å². The molecule has 6 heteroatoms. The molecule has 0 saturated carbocycles. The van der Waals surface area contributed by atoms with Gasteiger partial charge in [0.05, 0.1) is 0 Å². The predicted octanol–water partition coefficient (Wildman–Crippen LogP) is 3.95. The molecule has 1 unspecified atom stereocenters. The number of halogens is 3. The molecule has 21 heavy (non-hydrogen) atoms. The number of pyridine rings is 1. The van der Waals surface area contributed by atoms with E-state index in [4.69, 9.17) is 0 Å². The Morgan fingerprint density at radius 2 is 2.10 bits per heavy atom. The lowest BCUT2D eigenvalue weighted by Gasteiger charge is -2.17. The van der Waals surface area contributed by atoms with Gasteiger partial charge in [-0.15, -0.1) is 0 Å². The third-order valence-corrected chi connectivity index (χ3v) is 3.51. The highest BCUT2D eigenvalue weighted by molar-refractivity contribution is 9.10. The molecule has 1 aromatic carbocycles. The van der Waals surface area contributed by atoms with E-state index in [1.54, 1.807) is 18.3 Å². The van der Waals surface area contributed by atoms with Gasteiger partial charge in [0.25, 0.3) is 0 Å². The average molecular weight is 357 g/mol. The molecule has 1 heterocycles. The number of nitrogens with one attached hydrogen (secondary N) is 1. The normalized spacial score (nSPS) is 12.4. The van der Waals surface area contributed by atoms with Crippen LogP contribution in [0.1, 0.15) is 17.3 Å². The van der Waals surface area contributed by atoms with Gasteiger partial charge in [0.2, 0.25) is 0 Å². The van der Waals surface area contributed by atoms with E-state index in [1.807, 2.05) is 25.2 Å². The predicted molar refractivity (Wildman–Crippen MR) is 80.5 cm³/mol. The van der Waals surface area contributed by atoms with Crippen LogP contribution in [-0.4, -0.2) is 18.6 Å². The van der Waals surface area contributed by atoms with Gasteiger partial charge in [0.15, 0.2) is 0 Å². The number of likely N-dealkylation sites (N-methyl/N-ethyl adjacent to an activating group) is 1. The fraction of sp³-hybridized carbons (Fsp3) is 0.267. The van der Waals surface area contributed by atoms with Gasteiger partial charge in [-0.3, -0.25) is 4.98 Å². The Morgan fingerprint density at radius 3 is 2.71 bits per heavy atom. The Morgan fingerprint density at radius 1 is 1.29 bits per heavy atom. The number of ether oxygens (including phenoxy) is 1. The molecule has 0 saturated heterocycles. The molecule has 1 aromatic heterocycles. The summed E-state index contributed by atoms with van der Waals surface area (Å²) in [6, 6.07) is 10.5. The highest BCUT2D eigenvalue weighted by Crippen LogP contribution is 2.23. The number of nitrogens with zero attached hydrogens (tertiary/aromatic N) is 1. The van der Waals surface area contributed by atoms with Crippen LogP contribution in [0.15, 0.2) is 47.1 Å². The van der Waals surface area contributed by atoms with Crippen molar-refractivity contribution in [1.82, 2.24) is 10.3 Å². The summed E-state index contributed by atoms with van der Waals surface area (Å²) in [5.74, 6) is 0.159. The highest BCUT2D eigenvalue weighted by Gasteiger charge is 2.13. The standard InChI is InChI=1S/C15H15BrF2N2O/c1-19-14(8-12-6-5-11(16)9-20-12)10-3-2-4-13(7-10)21-15(17)18/h2-7,9,14-15,19H,8H2,1H3. The van der Waals surface area contributed by atoms with Crippen molar-refractivity contribution in [2.45, 2.75) is 19.1 Å². The molecular weight excluding hydrogens is 342 g/mol. The van der Waals surface area contributed by atoms with Crippen molar-refractivity contribution in [2.75, 3.05) is 7.05 Å². The fourth-order valence-electron chi connectivity index (χ4n) is 2.03. The molecule has 0 aliphatic heterocycles. The van der Waals surface area contributed by atoms with Gasteiger partial charge < -0.3 is 10.1 Å². The van der Waals surface area contributed by atoms with Crippen molar-refractivity contribution in [2.24, 2.45) is 0 Å². The van der Waals surface area contributed by atoms with Crippen molar-refractivity contribution >= 4 is 15.9 Å². The zero-order valence-corrected chi connectivity index (χ0v) is 13.0. The topological polar surface area (TPSA) is 34.2 Å². The number of rotatable bonds is 6.